The molecule has 80 valence electrons. The number of para-hydroxylation sites is 1. The van der Waals surface area contributed by atoms with E-state index in [4.69, 9.17) is 5.26 Å². The zero-order valence-corrected chi connectivity index (χ0v) is 7.63. The van der Waals surface area contributed by atoms with Gasteiger partial charge in [0.25, 0.3) is 0 Å². The molecule has 0 spiro atoms. The van der Waals surface area contributed by atoms with Crippen LogP contribution in [0.15, 0.2) is 18.2 Å². The molecular formula is C9H6F3NO2. The van der Waals surface area contributed by atoms with E-state index in [-0.39, 0.29) is 11.3 Å². The Morgan fingerprint density at radius 2 is 2.00 bits per heavy atom. The van der Waals surface area contributed by atoms with Gasteiger partial charge in [-0.1, -0.05) is 6.07 Å². The van der Waals surface area contributed by atoms with E-state index in [0.29, 0.717) is 0 Å². The summed E-state index contributed by atoms with van der Waals surface area (Å²) in [6.07, 6.45) is -4.80. The van der Waals surface area contributed by atoms with Crippen molar-refractivity contribution in [2.75, 3.05) is 7.11 Å². The van der Waals surface area contributed by atoms with Crippen LogP contribution in [-0.4, -0.2) is 13.5 Å². The number of hydrogen-bond donors (Lipinski definition) is 0. The minimum Gasteiger partial charge on any atom is -0.492 e. The third kappa shape index (κ3) is 2.77. The summed E-state index contributed by atoms with van der Waals surface area (Å²) >= 11 is 0. The molecule has 0 unspecified atom stereocenters. The molecule has 0 saturated carbocycles. The van der Waals surface area contributed by atoms with E-state index in [1.807, 2.05) is 0 Å². The fraction of sp³-hybridized carbons (Fsp3) is 0.222. The number of halogens is 3. The van der Waals surface area contributed by atoms with Crippen LogP contribution < -0.4 is 9.47 Å². The minimum atomic E-state index is -4.80. The molecule has 0 aliphatic carbocycles. The summed E-state index contributed by atoms with van der Waals surface area (Å²) in [5.41, 5.74) is -0.0146. The highest BCUT2D eigenvalue weighted by molar-refractivity contribution is 5.52. The average molecular weight is 217 g/mol. The SMILES string of the molecule is COc1c(C#N)cccc1OC(F)(F)F. The summed E-state index contributed by atoms with van der Waals surface area (Å²) in [6, 6.07) is 5.39. The Morgan fingerprint density at radius 3 is 2.47 bits per heavy atom. The van der Waals surface area contributed by atoms with Crippen LogP contribution in [0.4, 0.5) is 13.2 Å². The summed E-state index contributed by atoms with van der Waals surface area (Å²) in [4.78, 5) is 0. The van der Waals surface area contributed by atoms with E-state index in [2.05, 4.69) is 9.47 Å². The van der Waals surface area contributed by atoms with Gasteiger partial charge in [-0.3, -0.25) is 0 Å². The van der Waals surface area contributed by atoms with Gasteiger partial charge in [0, 0.05) is 0 Å². The molecule has 15 heavy (non-hydrogen) atoms. The number of rotatable bonds is 2. The van der Waals surface area contributed by atoms with E-state index in [1.54, 1.807) is 6.07 Å². The monoisotopic (exact) mass is 217 g/mol. The Labute approximate surface area is 83.6 Å². The molecule has 1 aromatic rings. The highest BCUT2D eigenvalue weighted by Crippen LogP contribution is 2.34. The molecule has 0 N–H and O–H groups in total. The molecule has 0 aliphatic rings. The van der Waals surface area contributed by atoms with Crippen molar-refractivity contribution in [1.82, 2.24) is 0 Å². The Hall–Kier alpha value is -1.90. The molecule has 0 bridgehead atoms. The van der Waals surface area contributed by atoms with E-state index >= 15 is 0 Å². The van der Waals surface area contributed by atoms with E-state index in [9.17, 15) is 13.2 Å². The Balaban J connectivity index is 3.14. The van der Waals surface area contributed by atoms with Gasteiger partial charge in [0.15, 0.2) is 11.5 Å². The van der Waals surface area contributed by atoms with Gasteiger partial charge in [0.05, 0.1) is 12.7 Å². The number of benzene rings is 1. The van der Waals surface area contributed by atoms with Crippen molar-refractivity contribution in [3.05, 3.63) is 23.8 Å². The summed E-state index contributed by atoms with van der Waals surface area (Å²) in [6.45, 7) is 0. The highest BCUT2D eigenvalue weighted by Gasteiger charge is 2.32. The number of nitrogens with zero attached hydrogens (tertiary/aromatic N) is 1. The summed E-state index contributed by atoms with van der Waals surface area (Å²) in [7, 11) is 1.17. The molecular weight excluding hydrogens is 211 g/mol. The quantitative estimate of drug-likeness (QED) is 0.764. The molecule has 0 aliphatic heterocycles. The van der Waals surface area contributed by atoms with Crippen molar-refractivity contribution in [3.8, 4) is 17.6 Å². The third-order valence-corrected chi connectivity index (χ3v) is 1.53. The number of hydrogen-bond acceptors (Lipinski definition) is 3. The first-order valence-corrected chi connectivity index (χ1v) is 3.81. The Morgan fingerprint density at radius 1 is 1.33 bits per heavy atom. The normalized spacial score (nSPS) is 10.6. The smallest absolute Gasteiger partial charge is 0.492 e. The van der Waals surface area contributed by atoms with Crippen LogP contribution in [0.5, 0.6) is 11.5 Å². The first-order valence-electron chi connectivity index (χ1n) is 3.81. The Kier molecular flexibility index (Phi) is 3.04. The zero-order valence-electron chi connectivity index (χ0n) is 7.63. The molecule has 0 heterocycles. The number of alkyl halides is 3. The second-order valence-corrected chi connectivity index (χ2v) is 2.50. The summed E-state index contributed by atoms with van der Waals surface area (Å²) in [5.74, 6) is -0.749. The minimum absolute atomic E-state index is 0.0146. The second-order valence-electron chi connectivity index (χ2n) is 2.50. The second kappa shape index (κ2) is 4.09. The van der Waals surface area contributed by atoms with Crippen molar-refractivity contribution >= 4 is 0 Å². The molecule has 0 radical (unpaired) electrons. The van der Waals surface area contributed by atoms with Crippen LogP contribution in [0, 0.1) is 11.3 Å². The van der Waals surface area contributed by atoms with Crippen molar-refractivity contribution < 1.29 is 22.6 Å². The summed E-state index contributed by atoms with van der Waals surface area (Å²) < 4.78 is 44.2. The van der Waals surface area contributed by atoms with E-state index in [0.717, 1.165) is 6.07 Å². The van der Waals surface area contributed by atoms with Crippen molar-refractivity contribution in [3.63, 3.8) is 0 Å². The maximum Gasteiger partial charge on any atom is 0.573 e. The van der Waals surface area contributed by atoms with Gasteiger partial charge >= 0.3 is 6.36 Å². The molecule has 1 aromatic carbocycles. The molecule has 0 atom stereocenters. The van der Waals surface area contributed by atoms with E-state index < -0.39 is 12.1 Å². The van der Waals surface area contributed by atoms with Crippen LogP contribution in [0.2, 0.25) is 0 Å². The topological polar surface area (TPSA) is 42.2 Å². The maximum absolute atomic E-state index is 11.9. The molecule has 0 aromatic heterocycles. The van der Waals surface area contributed by atoms with Crippen molar-refractivity contribution in [2.24, 2.45) is 0 Å². The van der Waals surface area contributed by atoms with Crippen LogP contribution in [0.25, 0.3) is 0 Å². The van der Waals surface area contributed by atoms with Gasteiger partial charge in [-0.2, -0.15) is 5.26 Å². The molecule has 0 fully saturated rings. The number of methoxy groups -OCH3 is 1. The lowest BCUT2D eigenvalue weighted by atomic mass is 10.2. The van der Waals surface area contributed by atoms with Gasteiger partial charge in [0.2, 0.25) is 0 Å². The van der Waals surface area contributed by atoms with Crippen molar-refractivity contribution in [2.45, 2.75) is 6.36 Å². The van der Waals surface area contributed by atoms with Gasteiger partial charge in [0.1, 0.15) is 6.07 Å². The maximum atomic E-state index is 11.9. The lowest BCUT2D eigenvalue weighted by Gasteiger charge is -2.12. The first-order chi connectivity index (χ1) is 6.98. The molecule has 0 saturated heterocycles. The van der Waals surface area contributed by atoms with E-state index in [1.165, 1.54) is 19.2 Å². The third-order valence-electron chi connectivity index (χ3n) is 1.53. The highest BCUT2D eigenvalue weighted by atomic mass is 19.4. The van der Waals surface area contributed by atoms with Crippen LogP contribution in [0.3, 0.4) is 0 Å². The number of ether oxygens (including phenoxy) is 2. The van der Waals surface area contributed by atoms with Gasteiger partial charge in [-0.15, -0.1) is 13.2 Å². The van der Waals surface area contributed by atoms with Gasteiger partial charge < -0.3 is 9.47 Å². The average Bonchev–Trinajstić information content (AvgIpc) is 2.15. The predicted octanol–water partition coefficient (Wildman–Crippen LogP) is 2.47. The molecule has 1 rings (SSSR count). The van der Waals surface area contributed by atoms with Crippen LogP contribution >= 0.6 is 0 Å². The lowest BCUT2D eigenvalue weighted by Crippen LogP contribution is -2.17. The largest absolute Gasteiger partial charge is 0.573 e. The zero-order chi connectivity index (χ0) is 11.5. The van der Waals surface area contributed by atoms with Gasteiger partial charge in [-0.05, 0) is 12.1 Å². The number of nitriles is 1. The predicted molar refractivity (Wildman–Crippen MR) is 44.4 cm³/mol. The summed E-state index contributed by atoms with van der Waals surface area (Å²) in [5, 5.41) is 8.61. The molecule has 0 amide bonds. The molecule has 6 heteroatoms. The fourth-order valence-electron chi connectivity index (χ4n) is 1.02. The van der Waals surface area contributed by atoms with Crippen LogP contribution in [0.1, 0.15) is 5.56 Å². The first kappa shape index (κ1) is 11.2. The standard InChI is InChI=1S/C9H6F3NO2/c1-14-8-6(5-13)3-2-4-7(8)15-9(10,11)12/h2-4H,1H3. The van der Waals surface area contributed by atoms with Crippen LogP contribution in [-0.2, 0) is 0 Å². The Bertz CT molecular complexity index is 395. The fourth-order valence-corrected chi connectivity index (χ4v) is 1.02. The van der Waals surface area contributed by atoms with Crippen molar-refractivity contribution in [1.29, 1.82) is 5.26 Å². The van der Waals surface area contributed by atoms with Gasteiger partial charge in [-0.25, -0.2) is 0 Å². The molecule has 3 nitrogen and oxygen atoms in total. The lowest BCUT2D eigenvalue weighted by molar-refractivity contribution is -0.275.